The van der Waals surface area contributed by atoms with Crippen LogP contribution in [0, 0.1) is 20.8 Å². The molecule has 2 N–H and O–H groups in total. The smallest absolute Gasteiger partial charge is 0.389 e. The van der Waals surface area contributed by atoms with Gasteiger partial charge in [0.2, 0.25) is 0 Å². The zero-order chi connectivity index (χ0) is 34.8. The molecule has 0 aromatic heterocycles. The second-order valence-electron chi connectivity index (χ2n) is 9.75. The van der Waals surface area contributed by atoms with Gasteiger partial charge in [0, 0.05) is 42.8 Å². The summed E-state index contributed by atoms with van der Waals surface area (Å²) in [6.45, 7) is 8.79. The number of alkyl halides is 9. The predicted molar refractivity (Wildman–Crippen MR) is 175 cm³/mol. The largest absolute Gasteiger partial charge is 0.416 e. The van der Waals surface area contributed by atoms with Gasteiger partial charge in [-0.1, -0.05) is 30.7 Å². The quantitative estimate of drug-likeness (QED) is 0.157. The van der Waals surface area contributed by atoms with Gasteiger partial charge < -0.3 is 10.2 Å². The summed E-state index contributed by atoms with van der Waals surface area (Å²) in [5, 5.41) is 18.3. The van der Waals surface area contributed by atoms with Crippen LogP contribution >= 0.6 is 37.2 Å². The molecule has 0 radical (unpaired) electrons. The molecule has 0 saturated heterocycles. The van der Waals surface area contributed by atoms with Crippen molar-refractivity contribution < 1.29 is 54.5 Å². The lowest BCUT2D eigenvalue weighted by molar-refractivity contribution is -0.138. The normalized spacial score (nSPS) is 12.5. The van der Waals surface area contributed by atoms with E-state index in [9.17, 15) is 54.5 Å². The summed E-state index contributed by atoms with van der Waals surface area (Å²) >= 11 is 4.24. The lowest BCUT2D eigenvalue weighted by Crippen LogP contribution is -2.07. The molecule has 3 nitrogen and oxygen atoms in total. The van der Waals surface area contributed by atoms with Gasteiger partial charge >= 0.3 is 18.5 Å². The SMILES string of the molecule is C.CC(=O)c1cc(C)cc(C(F)(F)F)c1.Cc1cc([C@@H](C)O)cc(C(F)(F)F)c1.Cc1cc([C@H](C)O)cc(C(F)(F)F)c1.II. The Kier molecular flexibility index (Phi) is 19.1. The Balaban J connectivity index is 0. The van der Waals surface area contributed by atoms with Crippen LogP contribution in [0.2, 0.25) is 0 Å². The highest BCUT2D eigenvalue weighted by Gasteiger charge is 2.32. The fourth-order valence-corrected chi connectivity index (χ4v) is 3.59. The van der Waals surface area contributed by atoms with Crippen molar-refractivity contribution in [1.82, 2.24) is 0 Å². The first-order valence-corrected chi connectivity index (χ1v) is 18.8. The third-order valence-electron chi connectivity index (χ3n) is 5.63. The van der Waals surface area contributed by atoms with Crippen molar-refractivity contribution in [2.24, 2.45) is 0 Å². The van der Waals surface area contributed by atoms with Gasteiger partial charge in [-0.15, -0.1) is 0 Å². The summed E-state index contributed by atoms with van der Waals surface area (Å²) in [6, 6.07) is 10.5. The van der Waals surface area contributed by atoms with Crippen molar-refractivity contribution in [1.29, 1.82) is 0 Å². The van der Waals surface area contributed by atoms with Crippen LogP contribution in [-0.4, -0.2) is 16.0 Å². The molecule has 3 aromatic carbocycles. The second-order valence-corrected chi connectivity index (χ2v) is 9.75. The molecule has 0 aliphatic rings. The van der Waals surface area contributed by atoms with Gasteiger partial charge in [-0.05, 0) is 101 Å². The van der Waals surface area contributed by atoms with E-state index in [1.54, 1.807) is 26.0 Å². The second kappa shape index (κ2) is 19.0. The van der Waals surface area contributed by atoms with Crippen molar-refractivity contribution >= 4 is 43.0 Å². The summed E-state index contributed by atoms with van der Waals surface area (Å²) in [5.74, 6) is -0.362. The van der Waals surface area contributed by atoms with Crippen LogP contribution in [0.3, 0.4) is 0 Å². The minimum Gasteiger partial charge on any atom is -0.389 e. The number of benzene rings is 3. The van der Waals surface area contributed by atoms with Gasteiger partial charge in [0.05, 0.1) is 28.9 Å². The molecule has 254 valence electrons. The van der Waals surface area contributed by atoms with Crippen LogP contribution in [0.15, 0.2) is 54.6 Å². The first kappa shape index (κ1) is 45.2. The fourth-order valence-electron chi connectivity index (χ4n) is 3.59. The van der Waals surface area contributed by atoms with Gasteiger partial charge in [0.1, 0.15) is 0 Å². The summed E-state index contributed by atoms with van der Waals surface area (Å²) in [5.41, 5.74) is -0.104. The van der Waals surface area contributed by atoms with Crippen molar-refractivity contribution in [3.05, 3.63) is 105 Å². The highest BCUT2D eigenvalue weighted by molar-refractivity contribution is 15.0. The standard InChI is InChI=1S/2C10H11F3O.C10H9F3O.CH4.I2/c3*1-6-3-8(7(2)14)5-9(4-6)10(11,12)13;;1-2/h2*3-5,7,14H,1-2H3;3-5H,1-2H3;1H4;/t2*7-;;;/m10.../s1. The van der Waals surface area contributed by atoms with E-state index in [0.29, 0.717) is 16.7 Å². The van der Waals surface area contributed by atoms with Gasteiger partial charge in [-0.2, -0.15) is 39.5 Å². The summed E-state index contributed by atoms with van der Waals surface area (Å²) in [7, 11) is 0. The fraction of sp³-hybridized carbons (Fsp3) is 0.387. The van der Waals surface area contributed by atoms with E-state index in [2.05, 4.69) is 37.2 Å². The number of aliphatic hydroxyl groups is 2. The molecule has 2 atom stereocenters. The van der Waals surface area contributed by atoms with Crippen molar-refractivity contribution in [2.75, 3.05) is 0 Å². The maximum absolute atomic E-state index is 12.3. The number of aryl methyl sites for hydroxylation is 3. The summed E-state index contributed by atoms with van der Waals surface area (Å²) < 4.78 is 111. The minimum absolute atomic E-state index is 0. The number of aliphatic hydroxyl groups excluding tert-OH is 2. The average Bonchev–Trinajstić information content (AvgIpc) is 2.88. The maximum Gasteiger partial charge on any atom is 0.416 e. The van der Waals surface area contributed by atoms with Crippen molar-refractivity contribution in [3.63, 3.8) is 0 Å². The van der Waals surface area contributed by atoms with E-state index in [0.717, 1.165) is 36.4 Å². The van der Waals surface area contributed by atoms with E-state index < -0.39 is 47.4 Å². The number of carbonyl (C=O) groups is 1. The maximum atomic E-state index is 12.3. The summed E-state index contributed by atoms with van der Waals surface area (Å²) in [4.78, 5) is 10.9. The van der Waals surface area contributed by atoms with E-state index in [1.165, 1.54) is 33.8 Å². The molecule has 0 fully saturated rings. The molecule has 3 aromatic rings. The Morgan fingerprint density at radius 1 is 0.578 bits per heavy atom. The average molecular weight is 880 g/mol. The van der Waals surface area contributed by atoms with Crippen LogP contribution < -0.4 is 0 Å². The monoisotopic (exact) mass is 880 g/mol. The topological polar surface area (TPSA) is 57.5 Å². The van der Waals surface area contributed by atoms with Gasteiger partial charge in [-0.25, -0.2) is 0 Å². The Morgan fingerprint density at radius 2 is 0.844 bits per heavy atom. The number of Topliss-reactive ketones (excluding diaryl/α,β-unsaturated/α-hetero) is 1. The zero-order valence-electron chi connectivity index (χ0n) is 24.3. The number of hydrogen-bond acceptors (Lipinski definition) is 3. The van der Waals surface area contributed by atoms with Crippen molar-refractivity contribution in [2.45, 2.75) is 79.7 Å². The predicted octanol–water partition coefficient (Wildman–Crippen LogP) is 11.8. The van der Waals surface area contributed by atoms with Crippen molar-refractivity contribution in [3.8, 4) is 0 Å². The number of hydrogen-bond donors (Lipinski definition) is 2. The zero-order valence-corrected chi connectivity index (χ0v) is 28.6. The van der Waals surface area contributed by atoms with Crippen LogP contribution in [0.1, 0.15) is 95.3 Å². The Bertz CT molecular complexity index is 1300. The molecule has 0 heterocycles. The highest BCUT2D eigenvalue weighted by atomic mass is 128. The number of halogens is 11. The molecule has 0 saturated carbocycles. The molecule has 45 heavy (non-hydrogen) atoms. The Hall–Kier alpha value is -1.92. The van der Waals surface area contributed by atoms with Crippen LogP contribution in [0.4, 0.5) is 39.5 Å². The Morgan fingerprint density at radius 3 is 1.09 bits per heavy atom. The molecule has 0 amide bonds. The molecule has 0 unspecified atom stereocenters. The minimum atomic E-state index is -4.39. The summed E-state index contributed by atoms with van der Waals surface area (Å²) in [6.07, 6.45) is -14.9. The van der Waals surface area contributed by atoms with E-state index in [1.807, 2.05) is 0 Å². The molecule has 0 spiro atoms. The first-order chi connectivity index (χ1) is 19.9. The molecular weight excluding hydrogens is 845 g/mol. The third kappa shape index (κ3) is 16.5. The third-order valence-corrected chi connectivity index (χ3v) is 5.63. The van der Waals surface area contributed by atoms with Gasteiger partial charge in [0.25, 0.3) is 0 Å². The molecular formula is C31H35F9I2O3. The first-order valence-electron chi connectivity index (χ1n) is 12.5. The lowest BCUT2D eigenvalue weighted by atomic mass is 10.0. The molecule has 0 aliphatic heterocycles. The van der Waals surface area contributed by atoms with E-state index in [4.69, 9.17) is 0 Å². The Labute approximate surface area is 280 Å². The number of rotatable bonds is 3. The molecule has 0 aliphatic carbocycles. The van der Waals surface area contributed by atoms with Gasteiger partial charge in [-0.3, -0.25) is 4.79 Å². The number of ketones is 1. The van der Waals surface area contributed by atoms with Crippen LogP contribution in [0.5, 0.6) is 0 Å². The van der Waals surface area contributed by atoms with Crippen LogP contribution in [0.25, 0.3) is 0 Å². The number of carbonyl (C=O) groups excluding carboxylic acids is 1. The highest BCUT2D eigenvalue weighted by Crippen LogP contribution is 2.33. The van der Waals surface area contributed by atoms with E-state index >= 15 is 0 Å². The van der Waals surface area contributed by atoms with Crippen LogP contribution in [-0.2, 0) is 18.5 Å². The molecule has 0 bridgehead atoms. The molecule has 14 heteroatoms. The van der Waals surface area contributed by atoms with E-state index in [-0.39, 0.29) is 29.9 Å². The molecule has 3 rings (SSSR count). The lowest BCUT2D eigenvalue weighted by Gasteiger charge is -2.11. The van der Waals surface area contributed by atoms with Gasteiger partial charge in [0.15, 0.2) is 5.78 Å².